The summed E-state index contributed by atoms with van der Waals surface area (Å²) in [4.78, 5) is 17.6. The van der Waals surface area contributed by atoms with Gasteiger partial charge in [-0.1, -0.05) is 51.1 Å². The van der Waals surface area contributed by atoms with Crippen molar-refractivity contribution in [2.24, 2.45) is 0 Å². The van der Waals surface area contributed by atoms with Crippen LogP contribution in [0.5, 0.6) is 0 Å². The number of nitrogens with zero attached hydrogens (tertiary/aromatic N) is 1. The van der Waals surface area contributed by atoms with Gasteiger partial charge >= 0.3 is 0 Å². The number of thiophene rings is 1. The van der Waals surface area contributed by atoms with Gasteiger partial charge in [0.1, 0.15) is 0 Å². The Balaban J connectivity index is 1.61. The van der Waals surface area contributed by atoms with E-state index in [9.17, 15) is 4.79 Å². The second kappa shape index (κ2) is 7.33. The SMILES string of the molecule is CC(C)(C)c1ccc(/C=C\C(=O)Nc2nc(-c3cccs3)cs2)cc1. The van der Waals surface area contributed by atoms with Crippen molar-refractivity contribution in [2.75, 3.05) is 5.32 Å². The molecule has 0 fully saturated rings. The number of hydrogen-bond acceptors (Lipinski definition) is 4. The lowest BCUT2D eigenvalue weighted by Crippen LogP contribution is -2.10. The van der Waals surface area contributed by atoms with Gasteiger partial charge in [-0.25, -0.2) is 4.98 Å². The van der Waals surface area contributed by atoms with E-state index in [0.717, 1.165) is 16.1 Å². The van der Waals surface area contributed by atoms with Crippen LogP contribution in [-0.2, 0) is 10.2 Å². The molecule has 0 unspecified atom stereocenters. The van der Waals surface area contributed by atoms with E-state index in [1.807, 2.05) is 41.1 Å². The number of nitrogens with one attached hydrogen (secondary N) is 1. The number of aromatic nitrogens is 1. The van der Waals surface area contributed by atoms with Crippen LogP contribution in [0.2, 0.25) is 0 Å². The van der Waals surface area contributed by atoms with E-state index in [0.29, 0.717) is 5.13 Å². The lowest BCUT2D eigenvalue weighted by atomic mass is 9.87. The first kappa shape index (κ1) is 17.6. The minimum Gasteiger partial charge on any atom is -0.298 e. The van der Waals surface area contributed by atoms with Crippen molar-refractivity contribution < 1.29 is 4.79 Å². The van der Waals surface area contributed by atoms with Gasteiger partial charge in [0.05, 0.1) is 10.6 Å². The molecule has 0 aliphatic heterocycles. The number of carbonyl (C=O) groups excluding carboxylic acids is 1. The number of benzene rings is 1. The smallest absolute Gasteiger partial charge is 0.250 e. The predicted octanol–water partition coefficient (Wildman–Crippen LogP) is 5.82. The van der Waals surface area contributed by atoms with Crippen molar-refractivity contribution in [1.29, 1.82) is 0 Å². The first-order chi connectivity index (χ1) is 11.9. The van der Waals surface area contributed by atoms with Gasteiger partial charge in [-0.05, 0) is 34.1 Å². The summed E-state index contributed by atoms with van der Waals surface area (Å²) in [6, 6.07) is 12.3. The highest BCUT2D eigenvalue weighted by atomic mass is 32.1. The average molecular weight is 369 g/mol. The molecule has 0 saturated carbocycles. The summed E-state index contributed by atoms with van der Waals surface area (Å²) < 4.78 is 0. The lowest BCUT2D eigenvalue weighted by Gasteiger charge is -2.18. The zero-order valence-electron chi connectivity index (χ0n) is 14.4. The quantitative estimate of drug-likeness (QED) is 0.590. The monoisotopic (exact) mass is 368 g/mol. The molecule has 1 aromatic carbocycles. The van der Waals surface area contributed by atoms with Gasteiger partial charge in [0.2, 0.25) is 5.91 Å². The van der Waals surface area contributed by atoms with Crippen LogP contribution in [0.15, 0.2) is 53.2 Å². The molecule has 1 N–H and O–H groups in total. The van der Waals surface area contributed by atoms with Crippen LogP contribution in [0.3, 0.4) is 0 Å². The maximum absolute atomic E-state index is 12.1. The van der Waals surface area contributed by atoms with E-state index < -0.39 is 0 Å². The summed E-state index contributed by atoms with van der Waals surface area (Å²) in [5.74, 6) is -0.174. The van der Waals surface area contributed by atoms with Crippen molar-refractivity contribution in [3.63, 3.8) is 0 Å². The Labute approximate surface area is 156 Å². The molecular formula is C20H20N2OS2. The minimum absolute atomic E-state index is 0.130. The van der Waals surface area contributed by atoms with Gasteiger partial charge in [0.15, 0.2) is 5.13 Å². The highest BCUT2D eigenvalue weighted by Gasteiger charge is 2.12. The van der Waals surface area contributed by atoms with Crippen molar-refractivity contribution in [1.82, 2.24) is 4.98 Å². The minimum atomic E-state index is -0.174. The van der Waals surface area contributed by atoms with Crippen LogP contribution in [-0.4, -0.2) is 10.9 Å². The van der Waals surface area contributed by atoms with E-state index in [1.54, 1.807) is 11.3 Å². The molecule has 5 heteroatoms. The van der Waals surface area contributed by atoms with Gasteiger partial charge in [0, 0.05) is 11.5 Å². The predicted molar refractivity (Wildman–Crippen MR) is 108 cm³/mol. The van der Waals surface area contributed by atoms with Crippen LogP contribution >= 0.6 is 22.7 Å². The molecule has 1 amide bonds. The molecule has 0 saturated heterocycles. The molecule has 0 aliphatic carbocycles. The Kier molecular flexibility index (Phi) is 5.16. The van der Waals surface area contributed by atoms with Crippen molar-refractivity contribution in [3.8, 4) is 10.6 Å². The number of carbonyl (C=O) groups is 1. The molecule has 25 heavy (non-hydrogen) atoms. The third kappa shape index (κ3) is 4.65. The maximum atomic E-state index is 12.1. The molecule has 3 aromatic rings. The Hall–Kier alpha value is -2.24. The van der Waals surface area contributed by atoms with Gasteiger partial charge < -0.3 is 0 Å². The lowest BCUT2D eigenvalue weighted by molar-refractivity contribution is -0.111. The topological polar surface area (TPSA) is 42.0 Å². The normalized spacial score (nSPS) is 11.8. The highest BCUT2D eigenvalue weighted by molar-refractivity contribution is 7.16. The van der Waals surface area contributed by atoms with Crippen molar-refractivity contribution in [3.05, 3.63) is 64.4 Å². The molecule has 0 spiro atoms. The van der Waals surface area contributed by atoms with Crippen molar-refractivity contribution >= 4 is 39.8 Å². The average Bonchev–Trinajstić information content (AvgIpc) is 3.23. The van der Waals surface area contributed by atoms with E-state index in [4.69, 9.17) is 0 Å². The van der Waals surface area contributed by atoms with Crippen LogP contribution in [0.4, 0.5) is 5.13 Å². The maximum Gasteiger partial charge on any atom is 0.250 e. The Morgan fingerprint density at radius 3 is 2.52 bits per heavy atom. The molecule has 0 bridgehead atoms. The third-order valence-electron chi connectivity index (χ3n) is 3.71. The number of hydrogen-bond donors (Lipinski definition) is 1. The van der Waals surface area contributed by atoms with Gasteiger partial charge in [-0.2, -0.15) is 0 Å². The molecule has 0 radical (unpaired) electrons. The molecule has 128 valence electrons. The van der Waals surface area contributed by atoms with Gasteiger partial charge in [-0.15, -0.1) is 22.7 Å². The van der Waals surface area contributed by atoms with Crippen LogP contribution in [0, 0.1) is 0 Å². The molecule has 2 aromatic heterocycles. The molecule has 0 aliphatic rings. The van der Waals surface area contributed by atoms with Gasteiger partial charge in [-0.3, -0.25) is 10.1 Å². The summed E-state index contributed by atoms with van der Waals surface area (Å²) >= 11 is 3.07. The van der Waals surface area contributed by atoms with E-state index in [2.05, 4.69) is 43.2 Å². The summed E-state index contributed by atoms with van der Waals surface area (Å²) in [7, 11) is 0. The molecular weight excluding hydrogens is 348 g/mol. The highest BCUT2D eigenvalue weighted by Crippen LogP contribution is 2.28. The fraction of sp³-hybridized carbons (Fsp3) is 0.200. The molecule has 3 nitrogen and oxygen atoms in total. The number of thiazole rings is 1. The zero-order valence-corrected chi connectivity index (χ0v) is 16.1. The van der Waals surface area contributed by atoms with E-state index >= 15 is 0 Å². The molecule has 0 atom stereocenters. The summed E-state index contributed by atoms with van der Waals surface area (Å²) in [6.45, 7) is 6.55. The van der Waals surface area contributed by atoms with Crippen LogP contribution < -0.4 is 5.32 Å². The largest absolute Gasteiger partial charge is 0.298 e. The number of anilines is 1. The Bertz CT molecular complexity index is 869. The number of amides is 1. The Morgan fingerprint density at radius 1 is 1.12 bits per heavy atom. The fourth-order valence-electron chi connectivity index (χ4n) is 2.28. The Morgan fingerprint density at radius 2 is 1.88 bits per heavy atom. The third-order valence-corrected chi connectivity index (χ3v) is 5.36. The zero-order chi connectivity index (χ0) is 17.9. The molecule has 2 heterocycles. The first-order valence-corrected chi connectivity index (χ1v) is 9.77. The van der Waals surface area contributed by atoms with Gasteiger partial charge in [0.25, 0.3) is 0 Å². The van der Waals surface area contributed by atoms with Crippen LogP contribution in [0.25, 0.3) is 16.6 Å². The standard InChI is InChI=1S/C20H20N2OS2/c1-20(2,3)15-9-6-14(7-10-15)8-11-18(23)22-19-21-16(13-25-19)17-5-4-12-24-17/h4-13H,1-3H3,(H,21,22,23)/b11-8-. The second-order valence-corrected chi connectivity index (χ2v) is 8.52. The molecule has 3 rings (SSSR count). The summed E-state index contributed by atoms with van der Waals surface area (Å²) in [6.07, 6.45) is 3.36. The number of rotatable bonds is 4. The first-order valence-electron chi connectivity index (χ1n) is 8.01. The fourth-order valence-corrected chi connectivity index (χ4v) is 3.76. The van der Waals surface area contributed by atoms with E-state index in [1.165, 1.54) is 23.0 Å². The van der Waals surface area contributed by atoms with Crippen molar-refractivity contribution in [2.45, 2.75) is 26.2 Å². The summed E-state index contributed by atoms with van der Waals surface area (Å²) in [5, 5.41) is 7.40. The van der Waals surface area contributed by atoms with Crippen LogP contribution in [0.1, 0.15) is 31.9 Å². The second-order valence-electron chi connectivity index (χ2n) is 6.71. The summed E-state index contributed by atoms with van der Waals surface area (Å²) in [5.41, 5.74) is 3.31. The van der Waals surface area contributed by atoms with E-state index in [-0.39, 0.29) is 11.3 Å².